The molecule has 0 unspecified atom stereocenters. The number of benzene rings is 2. The zero-order valence-electron chi connectivity index (χ0n) is 10.3. The van der Waals surface area contributed by atoms with Crippen LogP contribution in [-0.4, -0.2) is 12.5 Å². The van der Waals surface area contributed by atoms with Crippen LogP contribution in [0.15, 0.2) is 59.6 Å². The van der Waals surface area contributed by atoms with E-state index in [2.05, 4.69) is 36.2 Å². The highest BCUT2D eigenvalue weighted by Crippen LogP contribution is 2.25. The molecular weight excluding hydrogens is 222 g/mol. The highest BCUT2D eigenvalue weighted by molar-refractivity contribution is 5.95. The molecule has 3 rings (SSSR count). The summed E-state index contributed by atoms with van der Waals surface area (Å²) in [5.74, 6) is 0.751. The second-order valence-corrected chi connectivity index (χ2v) is 4.54. The smallest absolute Gasteiger partial charge is 0.216 e. The summed E-state index contributed by atoms with van der Waals surface area (Å²) in [4.78, 5) is 4.65. The predicted octanol–water partition coefficient (Wildman–Crippen LogP) is 3.51. The van der Waals surface area contributed by atoms with Crippen LogP contribution in [-0.2, 0) is 4.74 Å². The second-order valence-electron chi connectivity index (χ2n) is 4.54. The molecule has 0 aromatic heterocycles. The van der Waals surface area contributed by atoms with Gasteiger partial charge in [-0.05, 0) is 24.6 Å². The SMILES string of the molecule is Cc1ccc([C@@H]2COC(c3ccccc3)=N2)cc1. The molecule has 18 heavy (non-hydrogen) atoms. The van der Waals surface area contributed by atoms with Crippen molar-refractivity contribution in [2.24, 2.45) is 4.99 Å². The van der Waals surface area contributed by atoms with Crippen molar-refractivity contribution in [2.75, 3.05) is 6.61 Å². The number of hydrogen-bond donors (Lipinski definition) is 0. The van der Waals surface area contributed by atoms with Gasteiger partial charge in [0.15, 0.2) is 0 Å². The van der Waals surface area contributed by atoms with E-state index in [4.69, 9.17) is 4.74 Å². The Morgan fingerprint density at radius 2 is 1.72 bits per heavy atom. The molecule has 90 valence electrons. The van der Waals surface area contributed by atoms with Crippen molar-refractivity contribution in [2.45, 2.75) is 13.0 Å². The summed E-state index contributed by atoms with van der Waals surface area (Å²) in [5, 5.41) is 0. The van der Waals surface area contributed by atoms with Gasteiger partial charge in [-0.15, -0.1) is 0 Å². The first kappa shape index (κ1) is 11.0. The zero-order valence-corrected chi connectivity index (χ0v) is 10.3. The molecule has 2 nitrogen and oxygen atoms in total. The molecule has 1 aliphatic heterocycles. The molecule has 0 saturated heterocycles. The first-order valence-corrected chi connectivity index (χ1v) is 6.15. The van der Waals surface area contributed by atoms with Crippen molar-refractivity contribution in [3.05, 3.63) is 71.3 Å². The minimum Gasteiger partial charge on any atom is -0.475 e. The third-order valence-electron chi connectivity index (χ3n) is 3.13. The van der Waals surface area contributed by atoms with Crippen LogP contribution in [0.2, 0.25) is 0 Å². The van der Waals surface area contributed by atoms with Crippen LogP contribution in [0.4, 0.5) is 0 Å². The lowest BCUT2D eigenvalue weighted by Crippen LogP contribution is -2.00. The van der Waals surface area contributed by atoms with Crippen molar-refractivity contribution in [3.8, 4) is 0 Å². The van der Waals surface area contributed by atoms with Gasteiger partial charge in [0.1, 0.15) is 12.6 Å². The summed E-state index contributed by atoms with van der Waals surface area (Å²) in [6, 6.07) is 18.7. The van der Waals surface area contributed by atoms with E-state index < -0.39 is 0 Å². The minimum absolute atomic E-state index is 0.126. The Kier molecular flexibility index (Phi) is 2.85. The molecule has 1 heterocycles. The molecule has 0 spiro atoms. The van der Waals surface area contributed by atoms with Gasteiger partial charge >= 0.3 is 0 Å². The third-order valence-corrected chi connectivity index (χ3v) is 3.13. The van der Waals surface area contributed by atoms with E-state index in [1.54, 1.807) is 0 Å². The first-order chi connectivity index (χ1) is 8.83. The largest absolute Gasteiger partial charge is 0.475 e. The number of ether oxygens (including phenoxy) is 1. The monoisotopic (exact) mass is 237 g/mol. The molecule has 0 radical (unpaired) electrons. The fourth-order valence-electron chi connectivity index (χ4n) is 2.07. The summed E-state index contributed by atoms with van der Waals surface area (Å²) in [7, 11) is 0. The van der Waals surface area contributed by atoms with Gasteiger partial charge in [-0.25, -0.2) is 4.99 Å². The van der Waals surface area contributed by atoms with E-state index in [1.165, 1.54) is 11.1 Å². The fraction of sp³-hybridized carbons (Fsp3) is 0.188. The normalized spacial score (nSPS) is 18.3. The first-order valence-electron chi connectivity index (χ1n) is 6.15. The van der Waals surface area contributed by atoms with Crippen molar-refractivity contribution in [3.63, 3.8) is 0 Å². The van der Waals surface area contributed by atoms with E-state index in [1.807, 2.05) is 30.3 Å². The molecule has 2 aromatic carbocycles. The predicted molar refractivity (Wildman–Crippen MR) is 72.9 cm³/mol. The standard InChI is InChI=1S/C16H15NO/c1-12-7-9-13(10-8-12)15-11-18-16(17-15)14-5-3-2-4-6-14/h2-10,15H,11H2,1H3/t15-/m0/s1. The van der Waals surface area contributed by atoms with Gasteiger partial charge in [-0.3, -0.25) is 0 Å². The van der Waals surface area contributed by atoms with Gasteiger partial charge in [0.05, 0.1) is 0 Å². The number of hydrogen-bond acceptors (Lipinski definition) is 2. The average Bonchev–Trinajstić information content (AvgIpc) is 2.90. The van der Waals surface area contributed by atoms with Gasteiger partial charge in [-0.2, -0.15) is 0 Å². The number of aryl methyl sites for hydroxylation is 1. The van der Waals surface area contributed by atoms with E-state index in [9.17, 15) is 0 Å². The van der Waals surface area contributed by atoms with E-state index in [-0.39, 0.29) is 6.04 Å². The Balaban J connectivity index is 1.85. The maximum atomic E-state index is 5.69. The lowest BCUT2D eigenvalue weighted by molar-refractivity contribution is 0.320. The maximum Gasteiger partial charge on any atom is 0.216 e. The quantitative estimate of drug-likeness (QED) is 0.783. The topological polar surface area (TPSA) is 21.6 Å². The lowest BCUT2D eigenvalue weighted by Gasteiger charge is -2.04. The zero-order chi connectivity index (χ0) is 12.4. The molecule has 0 N–H and O–H groups in total. The summed E-state index contributed by atoms with van der Waals surface area (Å²) < 4.78 is 5.69. The third kappa shape index (κ3) is 2.14. The lowest BCUT2D eigenvalue weighted by atomic mass is 10.1. The van der Waals surface area contributed by atoms with Gasteiger partial charge < -0.3 is 4.74 Å². The fourth-order valence-corrected chi connectivity index (χ4v) is 2.07. The Hall–Kier alpha value is -2.09. The highest BCUT2D eigenvalue weighted by atomic mass is 16.5. The van der Waals surface area contributed by atoms with Crippen LogP contribution in [0.5, 0.6) is 0 Å². The Bertz CT molecular complexity index is 557. The number of rotatable bonds is 2. The summed E-state index contributed by atoms with van der Waals surface area (Å²) in [6.45, 7) is 2.72. The summed E-state index contributed by atoms with van der Waals surface area (Å²) in [6.07, 6.45) is 0. The van der Waals surface area contributed by atoms with Crippen molar-refractivity contribution < 1.29 is 4.74 Å². The van der Waals surface area contributed by atoms with Crippen LogP contribution in [0.1, 0.15) is 22.7 Å². The van der Waals surface area contributed by atoms with Crippen LogP contribution in [0.3, 0.4) is 0 Å². The van der Waals surface area contributed by atoms with Crippen molar-refractivity contribution >= 4 is 5.90 Å². The summed E-state index contributed by atoms with van der Waals surface area (Å²) in [5.41, 5.74) is 3.53. The number of nitrogens with zero attached hydrogens (tertiary/aromatic N) is 1. The Morgan fingerprint density at radius 3 is 2.44 bits per heavy atom. The van der Waals surface area contributed by atoms with Crippen LogP contribution < -0.4 is 0 Å². The van der Waals surface area contributed by atoms with E-state index in [0.717, 1.165) is 11.5 Å². The van der Waals surface area contributed by atoms with Crippen LogP contribution in [0, 0.1) is 6.92 Å². The van der Waals surface area contributed by atoms with Crippen LogP contribution >= 0.6 is 0 Å². The van der Waals surface area contributed by atoms with Crippen molar-refractivity contribution in [1.29, 1.82) is 0 Å². The molecule has 0 bridgehead atoms. The van der Waals surface area contributed by atoms with E-state index >= 15 is 0 Å². The average molecular weight is 237 g/mol. The molecule has 0 aliphatic carbocycles. The Labute approximate surface area is 107 Å². The molecule has 0 fully saturated rings. The Morgan fingerprint density at radius 1 is 1.00 bits per heavy atom. The molecular formula is C16H15NO. The maximum absolute atomic E-state index is 5.69. The van der Waals surface area contributed by atoms with Gasteiger partial charge in [0.2, 0.25) is 5.90 Å². The minimum atomic E-state index is 0.126. The van der Waals surface area contributed by atoms with E-state index in [0.29, 0.717) is 6.61 Å². The molecule has 0 amide bonds. The second kappa shape index (κ2) is 4.65. The molecule has 2 heteroatoms. The molecule has 1 aliphatic rings. The van der Waals surface area contributed by atoms with Gasteiger partial charge in [-0.1, -0.05) is 48.0 Å². The molecule has 2 aromatic rings. The summed E-state index contributed by atoms with van der Waals surface area (Å²) >= 11 is 0. The van der Waals surface area contributed by atoms with Crippen molar-refractivity contribution in [1.82, 2.24) is 0 Å². The van der Waals surface area contributed by atoms with Gasteiger partial charge in [0.25, 0.3) is 0 Å². The molecule has 1 atom stereocenters. The number of aliphatic imine (C=N–C) groups is 1. The molecule has 0 saturated carbocycles. The van der Waals surface area contributed by atoms with Gasteiger partial charge in [0, 0.05) is 5.56 Å². The highest BCUT2D eigenvalue weighted by Gasteiger charge is 2.21. The van der Waals surface area contributed by atoms with Crippen LogP contribution in [0.25, 0.3) is 0 Å².